The van der Waals surface area contributed by atoms with Gasteiger partial charge in [0.05, 0.1) is 0 Å². The number of likely N-dealkylation sites (N-methyl/N-ethyl adjacent to an activating group) is 1. The maximum Gasteiger partial charge on any atom is 0.244 e. The second-order valence-corrected chi connectivity index (χ2v) is 4.23. The average Bonchev–Trinajstić information content (AvgIpc) is 2.28. The summed E-state index contributed by atoms with van der Waals surface area (Å²) < 4.78 is 0. The van der Waals surface area contributed by atoms with Crippen molar-refractivity contribution in [1.82, 2.24) is 14.9 Å². The van der Waals surface area contributed by atoms with E-state index in [1.54, 1.807) is 38.2 Å². The lowest BCUT2D eigenvalue weighted by Gasteiger charge is -2.19. The molecule has 1 amide bonds. The van der Waals surface area contributed by atoms with E-state index in [4.69, 9.17) is 0 Å². The second-order valence-electron chi connectivity index (χ2n) is 4.23. The summed E-state index contributed by atoms with van der Waals surface area (Å²) >= 11 is 0. The molecule has 0 bridgehead atoms. The monoisotopic (exact) mass is 237 g/mol. The van der Waals surface area contributed by atoms with E-state index >= 15 is 0 Å². The van der Waals surface area contributed by atoms with E-state index in [-0.39, 0.29) is 11.9 Å². The number of carbonyl (C=O) groups is 1. The quantitative estimate of drug-likeness (QED) is 0.823. The molecule has 0 spiro atoms. The summed E-state index contributed by atoms with van der Waals surface area (Å²) in [6.45, 7) is 1.81. The molecule has 1 N–H and O–H groups in total. The number of rotatable bonds is 4. The normalized spacial score (nSPS) is 11.8. The minimum absolute atomic E-state index is 0.00927. The summed E-state index contributed by atoms with van der Waals surface area (Å²) in [7, 11) is 7.19. The third-order valence-corrected chi connectivity index (χ3v) is 2.22. The van der Waals surface area contributed by atoms with Crippen LogP contribution in [0.4, 0.5) is 11.8 Å². The summed E-state index contributed by atoms with van der Waals surface area (Å²) in [6, 6.07) is 1.43. The van der Waals surface area contributed by atoms with Crippen LogP contribution in [0.2, 0.25) is 0 Å². The van der Waals surface area contributed by atoms with Crippen LogP contribution in [0.15, 0.2) is 12.3 Å². The highest BCUT2D eigenvalue weighted by Crippen LogP contribution is 2.09. The average molecular weight is 237 g/mol. The van der Waals surface area contributed by atoms with E-state index in [2.05, 4.69) is 15.3 Å². The summed E-state index contributed by atoms with van der Waals surface area (Å²) in [5.41, 5.74) is 0. The molecule has 0 saturated heterocycles. The lowest BCUT2D eigenvalue weighted by atomic mass is 10.3. The molecule has 1 rings (SSSR count). The van der Waals surface area contributed by atoms with Gasteiger partial charge in [0.25, 0.3) is 0 Å². The van der Waals surface area contributed by atoms with Crippen molar-refractivity contribution in [3.63, 3.8) is 0 Å². The number of hydrogen-bond acceptors (Lipinski definition) is 5. The fourth-order valence-electron chi connectivity index (χ4n) is 1.32. The standard InChI is InChI=1S/C11H19N5O/c1-8(10(17)15(2)3)13-9-6-7-12-11(14-9)16(4)5/h6-8H,1-5H3,(H,12,13,14). The Kier molecular flexibility index (Phi) is 4.25. The Morgan fingerprint density at radius 2 is 2.00 bits per heavy atom. The molecule has 0 radical (unpaired) electrons. The molecule has 94 valence electrons. The first-order valence-corrected chi connectivity index (χ1v) is 5.40. The summed E-state index contributed by atoms with van der Waals surface area (Å²) in [4.78, 5) is 23.4. The van der Waals surface area contributed by atoms with E-state index in [1.165, 1.54) is 0 Å². The number of hydrogen-bond donors (Lipinski definition) is 1. The molecule has 17 heavy (non-hydrogen) atoms. The second kappa shape index (κ2) is 5.47. The Bertz CT molecular complexity index is 391. The summed E-state index contributed by atoms with van der Waals surface area (Å²) in [6.07, 6.45) is 1.66. The first kappa shape index (κ1) is 13.2. The molecular weight excluding hydrogens is 218 g/mol. The molecule has 1 heterocycles. The molecule has 0 aromatic carbocycles. The zero-order valence-electron chi connectivity index (χ0n) is 10.9. The zero-order valence-corrected chi connectivity index (χ0v) is 10.9. The first-order valence-electron chi connectivity index (χ1n) is 5.40. The molecular formula is C11H19N5O. The fraction of sp³-hybridized carbons (Fsp3) is 0.545. The fourth-order valence-corrected chi connectivity index (χ4v) is 1.32. The smallest absolute Gasteiger partial charge is 0.244 e. The molecule has 6 heteroatoms. The summed E-state index contributed by atoms with van der Waals surface area (Å²) in [5, 5.41) is 3.05. The largest absolute Gasteiger partial charge is 0.358 e. The Balaban J connectivity index is 2.75. The van der Waals surface area contributed by atoms with Crippen molar-refractivity contribution in [1.29, 1.82) is 0 Å². The summed E-state index contributed by atoms with van der Waals surface area (Å²) in [5.74, 6) is 1.26. The van der Waals surface area contributed by atoms with E-state index in [9.17, 15) is 4.79 Å². The number of nitrogens with zero attached hydrogens (tertiary/aromatic N) is 4. The van der Waals surface area contributed by atoms with Crippen LogP contribution < -0.4 is 10.2 Å². The van der Waals surface area contributed by atoms with Crippen LogP contribution in [0.1, 0.15) is 6.92 Å². The van der Waals surface area contributed by atoms with Crippen LogP contribution in [-0.2, 0) is 4.79 Å². The van der Waals surface area contributed by atoms with Gasteiger partial charge in [-0.15, -0.1) is 0 Å². The molecule has 0 aliphatic rings. The van der Waals surface area contributed by atoms with Gasteiger partial charge in [-0.25, -0.2) is 4.98 Å². The SMILES string of the molecule is CC(Nc1ccnc(N(C)C)n1)C(=O)N(C)C. The third-order valence-electron chi connectivity index (χ3n) is 2.22. The number of carbonyl (C=O) groups excluding carboxylic acids is 1. The van der Waals surface area contributed by atoms with Gasteiger partial charge in [0.15, 0.2) is 0 Å². The van der Waals surface area contributed by atoms with Crippen molar-refractivity contribution in [2.45, 2.75) is 13.0 Å². The predicted molar refractivity (Wildman–Crippen MR) is 68.1 cm³/mol. The van der Waals surface area contributed by atoms with E-state index in [0.717, 1.165) is 0 Å². The zero-order chi connectivity index (χ0) is 13.0. The van der Waals surface area contributed by atoms with Crippen molar-refractivity contribution in [2.75, 3.05) is 38.4 Å². The molecule has 0 aliphatic carbocycles. The van der Waals surface area contributed by atoms with Crippen LogP contribution in [0.5, 0.6) is 0 Å². The van der Waals surface area contributed by atoms with Gasteiger partial charge in [0.2, 0.25) is 11.9 Å². The highest BCUT2D eigenvalue weighted by molar-refractivity contribution is 5.83. The third kappa shape index (κ3) is 3.58. The van der Waals surface area contributed by atoms with Gasteiger partial charge in [-0.2, -0.15) is 4.98 Å². The highest BCUT2D eigenvalue weighted by atomic mass is 16.2. The minimum atomic E-state index is -0.310. The number of aromatic nitrogens is 2. The van der Waals surface area contributed by atoms with Gasteiger partial charge < -0.3 is 15.1 Å². The van der Waals surface area contributed by atoms with Gasteiger partial charge in [0, 0.05) is 34.4 Å². The van der Waals surface area contributed by atoms with Crippen LogP contribution in [0.25, 0.3) is 0 Å². The maximum atomic E-state index is 11.7. The highest BCUT2D eigenvalue weighted by Gasteiger charge is 2.15. The molecule has 0 aliphatic heterocycles. The van der Waals surface area contributed by atoms with Gasteiger partial charge >= 0.3 is 0 Å². The lowest BCUT2D eigenvalue weighted by Crippen LogP contribution is -2.36. The van der Waals surface area contributed by atoms with Gasteiger partial charge in [0.1, 0.15) is 11.9 Å². The molecule has 6 nitrogen and oxygen atoms in total. The number of amides is 1. The topological polar surface area (TPSA) is 61.4 Å². The molecule has 1 aromatic heterocycles. The van der Waals surface area contributed by atoms with E-state index < -0.39 is 0 Å². The minimum Gasteiger partial charge on any atom is -0.358 e. The van der Waals surface area contributed by atoms with Crippen LogP contribution >= 0.6 is 0 Å². The Morgan fingerprint density at radius 1 is 1.35 bits per heavy atom. The molecule has 1 aromatic rings. The number of nitrogens with one attached hydrogen (secondary N) is 1. The molecule has 1 atom stereocenters. The maximum absolute atomic E-state index is 11.7. The van der Waals surface area contributed by atoms with E-state index in [1.807, 2.05) is 19.0 Å². The van der Waals surface area contributed by atoms with Crippen molar-refractivity contribution in [2.24, 2.45) is 0 Å². The Labute approximate surface area is 102 Å². The van der Waals surface area contributed by atoms with E-state index in [0.29, 0.717) is 11.8 Å². The van der Waals surface area contributed by atoms with Gasteiger partial charge in [-0.1, -0.05) is 0 Å². The molecule has 0 fully saturated rings. The van der Waals surface area contributed by atoms with Crippen molar-refractivity contribution in [3.05, 3.63) is 12.3 Å². The Morgan fingerprint density at radius 3 is 2.53 bits per heavy atom. The Hall–Kier alpha value is -1.85. The van der Waals surface area contributed by atoms with Crippen LogP contribution in [0, 0.1) is 0 Å². The van der Waals surface area contributed by atoms with Crippen molar-refractivity contribution >= 4 is 17.7 Å². The van der Waals surface area contributed by atoms with Crippen molar-refractivity contribution in [3.8, 4) is 0 Å². The molecule has 1 unspecified atom stereocenters. The van der Waals surface area contributed by atoms with Crippen LogP contribution in [-0.4, -0.2) is 55.0 Å². The lowest BCUT2D eigenvalue weighted by molar-refractivity contribution is -0.129. The van der Waals surface area contributed by atoms with Gasteiger partial charge in [-0.05, 0) is 13.0 Å². The first-order chi connectivity index (χ1) is 7.91. The molecule has 0 saturated carbocycles. The van der Waals surface area contributed by atoms with Gasteiger partial charge in [-0.3, -0.25) is 4.79 Å². The number of anilines is 2. The predicted octanol–water partition coefficient (Wildman–Crippen LogP) is 0.431. The van der Waals surface area contributed by atoms with Crippen molar-refractivity contribution < 1.29 is 4.79 Å². The van der Waals surface area contributed by atoms with Crippen LogP contribution in [0.3, 0.4) is 0 Å².